The van der Waals surface area contributed by atoms with Gasteiger partial charge in [-0.05, 0) is 30.9 Å². The molecule has 17 heavy (non-hydrogen) atoms. The Kier molecular flexibility index (Phi) is 4.15. The van der Waals surface area contributed by atoms with Gasteiger partial charge in [0.15, 0.2) is 0 Å². The molecule has 0 radical (unpaired) electrons. The summed E-state index contributed by atoms with van der Waals surface area (Å²) in [7, 11) is 0. The summed E-state index contributed by atoms with van der Waals surface area (Å²) >= 11 is 0. The van der Waals surface area contributed by atoms with Crippen molar-refractivity contribution in [2.45, 2.75) is 26.3 Å². The Balaban J connectivity index is 1.59. The molecule has 3 nitrogen and oxygen atoms in total. The summed E-state index contributed by atoms with van der Waals surface area (Å²) in [6, 6.07) is 8.35. The molecular weight excluding hydrogens is 212 g/mol. The minimum absolute atomic E-state index is 0.225. The number of carbonyl (C=O) groups is 1. The average molecular weight is 232 g/mol. The lowest BCUT2D eigenvalue weighted by atomic mass is 10.1. The van der Waals surface area contributed by atoms with Crippen LogP contribution in [-0.2, 0) is 11.3 Å². The van der Waals surface area contributed by atoms with Gasteiger partial charge in [-0.3, -0.25) is 4.79 Å². The van der Waals surface area contributed by atoms with Gasteiger partial charge in [-0.1, -0.05) is 24.3 Å². The quantitative estimate of drug-likeness (QED) is 0.732. The smallest absolute Gasteiger partial charge is 0.223 e. The number of aryl methyl sites for hydroxylation is 1. The van der Waals surface area contributed by atoms with Crippen LogP contribution in [0.2, 0.25) is 0 Å². The zero-order valence-electron chi connectivity index (χ0n) is 10.3. The fourth-order valence-corrected chi connectivity index (χ4v) is 1.80. The molecule has 0 unspecified atom stereocenters. The van der Waals surface area contributed by atoms with Gasteiger partial charge in [-0.25, -0.2) is 0 Å². The van der Waals surface area contributed by atoms with Crippen LogP contribution in [0.3, 0.4) is 0 Å². The molecule has 92 valence electrons. The fourth-order valence-electron chi connectivity index (χ4n) is 1.80. The van der Waals surface area contributed by atoms with Gasteiger partial charge in [0.2, 0.25) is 5.91 Å². The van der Waals surface area contributed by atoms with Gasteiger partial charge in [-0.2, -0.15) is 0 Å². The van der Waals surface area contributed by atoms with Gasteiger partial charge in [0.05, 0.1) is 0 Å². The molecule has 2 rings (SSSR count). The molecule has 0 saturated heterocycles. The van der Waals surface area contributed by atoms with Gasteiger partial charge in [-0.15, -0.1) is 0 Å². The van der Waals surface area contributed by atoms with E-state index in [2.05, 4.69) is 41.8 Å². The van der Waals surface area contributed by atoms with E-state index in [1.165, 1.54) is 11.1 Å². The van der Waals surface area contributed by atoms with E-state index in [1.807, 2.05) is 0 Å². The molecule has 0 heterocycles. The third-order valence-corrected chi connectivity index (χ3v) is 3.13. The van der Waals surface area contributed by atoms with E-state index in [1.54, 1.807) is 0 Å². The molecule has 1 aromatic carbocycles. The van der Waals surface area contributed by atoms with Crippen LogP contribution in [0.1, 0.15) is 24.0 Å². The molecule has 1 amide bonds. The second-order valence-corrected chi connectivity index (χ2v) is 4.67. The minimum atomic E-state index is 0.225. The van der Waals surface area contributed by atoms with Gasteiger partial charge < -0.3 is 10.6 Å². The predicted octanol–water partition coefficient (Wildman–Crippen LogP) is 1.61. The van der Waals surface area contributed by atoms with Gasteiger partial charge in [0, 0.05) is 25.6 Å². The molecule has 1 aliphatic rings. The van der Waals surface area contributed by atoms with Crippen LogP contribution in [0.5, 0.6) is 0 Å². The summed E-state index contributed by atoms with van der Waals surface area (Å²) < 4.78 is 0. The molecule has 0 aromatic heterocycles. The first kappa shape index (κ1) is 12.1. The molecule has 1 fully saturated rings. The third-order valence-electron chi connectivity index (χ3n) is 3.13. The highest BCUT2D eigenvalue weighted by atomic mass is 16.2. The molecule has 3 heteroatoms. The second kappa shape index (κ2) is 5.82. The Morgan fingerprint density at radius 2 is 2.06 bits per heavy atom. The van der Waals surface area contributed by atoms with Crippen LogP contribution >= 0.6 is 0 Å². The van der Waals surface area contributed by atoms with Crippen molar-refractivity contribution in [1.29, 1.82) is 0 Å². The lowest BCUT2D eigenvalue weighted by Gasteiger charge is -2.08. The van der Waals surface area contributed by atoms with Gasteiger partial charge in [0.1, 0.15) is 0 Å². The molecule has 2 N–H and O–H groups in total. The fraction of sp³-hybridized carbons (Fsp3) is 0.500. The van der Waals surface area contributed by atoms with Crippen molar-refractivity contribution in [2.75, 3.05) is 13.1 Å². The summed E-state index contributed by atoms with van der Waals surface area (Å²) in [5, 5.41) is 6.29. The minimum Gasteiger partial charge on any atom is -0.355 e. The first-order valence-electron chi connectivity index (χ1n) is 6.30. The van der Waals surface area contributed by atoms with E-state index >= 15 is 0 Å². The molecule has 0 spiro atoms. The summed E-state index contributed by atoms with van der Waals surface area (Å²) in [5.74, 6) is 0.536. The summed E-state index contributed by atoms with van der Waals surface area (Å²) in [6.45, 7) is 4.53. The lowest BCUT2D eigenvalue weighted by molar-refractivity contribution is -0.122. The Bertz CT molecular complexity index is 386. The predicted molar refractivity (Wildman–Crippen MR) is 68.6 cm³/mol. The van der Waals surface area contributed by atoms with Gasteiger partial charge >= 0.3 is 0 Å². The number of carbonyl (C=O) groups excluding carboxylic acids is 1. The topological polar surface area (TPSA) is 41.1 Å². The zero-order chi connectivity index (χ0) is 12.1. The Hall–Kier alpha value is -1.35. The largest absolute Gasteiger partial charge is 0.355 e. The van der Waals surface area contributed by atoms with Crippen LogP contribution in [0, 0.1) is 12.8 Å². The van der Waals surface area contributed by atoms with Crippen molar-refractivity contribution in [3.8, 4) is 0 Å². The van der Waals surface area contributed by atoms with Crippen molar-refractivity contribution in [3.05, 3.63) is 35.4 Å². The molecular formula is C14H20N2O. The normalized spacial score (nSPS) is 14.6. The molecule has 1 aliphatic carbocycles. The first-order valence-corrected chi connectivity index (χ1v) is 6.30. The monoisotopic (exact) mass is 232 g/mol. The van der Waals surface area contributed by atoms with E-state index in [4.69, 9.17) is 0 Å². The van der Waals surface area contributed by atoms with Crippen LogP contribution in [0.4, 0.5) is 0 Å². The molecule has 0 aliphatic heterocycles. The first-order chi connectivity index (χ1) is 8.27. The van der Waals surface area contributed by atoms with Crippen LogP contribution in [0.25, 0.3) is 0 Å². The second-order valence-electron chi connectivity index (χ2n) is 4.67. The number of rotatable bonds is 6. The van der Waals surface area contributed by atoms with Crippen molar-refractivity contribution in [2.24, 2.45) is 5.92 Å². The van der Waals surface area contributed by atoms with Crippen LogP contribution in [0.15, 0.2) is 24.3 Å². The maximum Gasteiger partial charge on any atom is 0.223 e. The summed E-state index contributed by atoms with van der Waals surface area (Å²) in [5.41, 5.74) is 2.63. The van der Waals surface area contributed by atoms with Crippen molar-refractivity contribution in [1.82, 2.24) is 10.6 Å². The Morgan fingerprint density at radius 3 is 2.76 bits per heavy atom. The zero-order valence-corrected chi connectivity index (χ0v) is 10.3. The van der Waals surface area contributed by atoms with Crippen molar-refractivity contribution >= 4 is 5.91 Å². The SMILES string of the molecule is Cc1ccccc1CNCCNC(=O)C1CC1. The maximum absolute atomic E-state index is 11.4. The number of nitrogens with one attached hydrogen (secondary N) is 2. The van der Waals surface area contributed by atoms with E-state index in [-0.39, 0.29) is 5.91 Å². The molecule has 0 atom stereocenters. The molecule has 1 aromatic rings. The van der Waals surface area contributed by atoms with E-state index in [0.29, 0.717) is 5.92 Å². The number of hydrogen-bond donors (Lipinski definition) is 2. The Morgan fingerprint density at radius 1 is 1.29 bits per heavy atom. The Labute approximate surface area is 103 Å². The number of hydrogen-bond acceptors (Lipinski definition) is 2. The van der Waals surface area contributed by atoms with E-state index < -0.39 is 0 Å². The van der Waals surface area contributed by atoms with Crippen molar-refractivity contribution < 1.29 is 4.79 Å². The number of amides is 1. The molecule has 0 bridgehead atoms. The average Bonchev–Trinajstić information content (AvgIpc) is 3.14. The third kappa shape index (κ3) is 3.86. The standard InChI is InChI=1S/C14H20N2O/c1-11-4-2-3-5-13(11)10-15-8-9-16-14(17)12-6-7-12/h2-5,12,15H,6-10H2,1H3,(H,16,17). The van der Waals surface area contributed by atoms with Crippen LogP contribution in [-0.4, -0.2) is 19.0 Å². The highest BCUT2D eigenvalue weighted by Gasteiger charge is 2.28. The number of benzene rings is 1. The molecule has 1 saturated carbocycles. The maximum atomic E-state index is 11.4. The van der Waals surface area contributed by atoms with Crippen molar-refractivity contribution in [3.63, 3.8) is 0 Å². The van der Waals surface area contributed by atoms with Gasteiger partial charge in [0.25, 0.3) is 0 Å². The summed E-state index contributed by atoms with van der Waals surface area (Å²) in [4.78, 5) is 11.4. The summed E-state index contributed by atoms with van der Waals surface area (Å²) in [6.07, 6.45) is 2.14. The lowest BCUT2D eigenvalue weighted by Crippen LogP contribution is -2.32. The van der Waals surface area contributed by atoms with Crippen LogP contribution < -0.4 is 10.6 Å². The highest BCUT2D eigenvalue weighted by Crippen LogP contribution is 2.28. The highest BCUT2D eigenvalue weighted by molar-refractivity contribution is 5.80. The van der Waals surface area contributed by atoms with E-state index in [9.17, 15) is 4.79 Å². The van der Waals surface area contributed by atoms with E-state index in [0.717, 1.165) is 32.5 Å².